The van der Waals surface area contributed by atoms with E-state index >= 15 is 0 Å². The van der Waals surface area contributed by atoms with Gasteiger partial charge in [-0.2, -0.15) is 13.5 Å². The molecule has 0 spiro atoms. The van der Waals surface area contributed by atoms with Gasteiger partial charge in [0.25, 0.3) is 0 Å². The van der Waals surface area contributed by atoms with Crippen molar-refractivity contribution >= 4 is 13.5 Å². The molecule has 1 nitrogen and oxygen atoms in total. The van der Waals surface area contributed by atoms with Crippen molar-refractivity contribution in [2.24, 2.45) is 5.92 Å². The summed E-state index contributed by atoms with van der Waals surface area (Å²) in [6.45, 7) is 2.32. The highest BCUT2D eigenvalue weighted by Gasteiger charge is 2.42. The molecule has 2 heteroatoms. The van der Waals surface area contributed by atoms with Crippen LogP contribution in [-0.2, 0) is 4.74 Å². The highest BCUT2D eigenvalue weighted by molar-refractivity contribution is 7.59. The van der Waals surface area contributed by atoms with Gasteiger partial charge in [-0.05, 0) is 25.2 Å². The molecule has 1 heterocycles. The molecule has 1 saturated carbocycles. The van der Waals surface area contributed by atoms with E-state index in [0.717, 1.165) is 5.92 Å². The lowest BCUT2D eigenvalue weighted by Crippen LogP contribution is -2.09. The molecule has 1 aliphatic heterocycles. The molecule has 2 rings (SSSR count). The first-order valence-electron chi connectivity index (χ1n) is 3.52. The fourth-order valence-corrected chi connectivity index (χ4v) is 1.60. The molecule has 3 unspecified atom stereocenters. The van der Waals surface area contributed by atoms with Gasteiger partial charge in [0.05, 0.1) is 12.2 Å². The van der Waals surface area contributed by atoms with E-state index in [2.05, 4.69) is 6.92 Å². The summed E-state index contributed by atoms with van der Waals surface area (Å²) in [5.74, 6) is 0.929. The molecule has 0 N–H and O–H groups in total. The first-order chi connectivity index (χ1) is 3.86. The molecule has 2 aliphatic rings. The van der Waals surface area contributed by atoms with Crippen molar-refractivity contribution in [1.82, 2.24) is 0 Å². The Morgan fingerprint density at radius 3 is 2.56 bits per heavy atom. The average molecular weight is 146 g/mol. The van der Waals surface area contributed by atoms with Gasteiger partial charge in [0.2, 0.25) is 0 Å². The zero-order chi connectivity index (χ0) is 5.56. The van der Waals surface area contributed by atoms with Gasteiger partial charge in [0.15, 0.2) is 0 Å². The van der Waals surface area contributed by atoms with Crippen LogP contribution in [0.25, 0.3) is 0 Å². The monoisotopic (exact) mass is 146 g/mol. The van der Waals surface area contributed by atoms with Gasteiger partial charge in [0.1, 0.15) is 0 Å². The maximum absolute atomic E-state index is 5.35. The molecular weight excluding hydrogens is 132 g/mol. The van der Waals surface area contributed by atoms with Gasteiger partial charge < -0.3 is 4.74 Å². The van der Waals surface area contributed by atoms with Crippen molar-refractivity contribution in [2.75, 3.05) is 0 Å². The molecule has 54 valence electrons. The third-order valence-corrected chi connectivity index (χ3v) is 2.27. The van der Waals surface area contributed by atoms with Crippen LogP contribution >= 0.6 is 13.5 Å². The second-order valence-corrected chi connectivity index (χ2v) is 3.13. The standard InChI is InChI=1S/C7H12O.H2S/c1-5-2-3-6-7(4-5)8-6;/h5-7H,2-4H2,1H3;1H2. The summed E-state index contributed by atoms with van der Waals surface area (Å²) in [6.07, 6.45) is 5.41. The van der Waals surface area contributed by atoms with Crippen LogP contribution in [0.5, 0.6) is 0 Å². The molecule has 0 aromatic rings. The van der Waals surface area contributed by atoms with Gasteiger partial charge in [-0.3, -0.25) is 0 Å². The zero-order valence-electron chi connectivity index (χ0n) is 5.76. The Morgan fingerprint density at radius 1 is 1.22 bits per heavy atom. The maximum atomic E-state index is 5.35. The third-order valence-electron chi connectivity index (χ3n) is 2.27. The molecular formula is C7H14OS. The number of hydrogen-bond acceptors (Lipinski definition) is 1. The highest BCUT2D eigenvalue weighted by atomic mass is 32.1. The van der Waals surface area contributed by atoms with Crippen molar-refractivity contribution in [1.29, 1.82) is 0 Å². The molecule has 3 atom stereocenters. The predicted octanol–water partition coefficient (Wildman–Crippen LogP) is 1.69. The van der Waals surface area contributed by atoms with E-state index in [-0.39, 0.29) is 13.5 Å². The maximum Gasteiger partial charge on any atom is 0.0844 e. The molecule has 0 aromatic carbocycles. The molecule has 0 amide bonds. The highest BCUT2D eigenvalue weighted by Crippen LogP contribution is 2.38. The molecule has 0 radical (unpaired) electrons. The summed E-state index contributed by atoms with van der Waals surface area (Å²) in [5.41, 5.74) is 0. The second-order valence-electron chi connectivity index (χ2n) is 3.13. The molecule has 1 saturated heterocycles. The third kappa shape index (κ3) is 1.41. The van der Waals surface area contributed by atoms with Crippen LogP contribution in [0, 0.1) is 5.92 Å². The lowest BCUT2D eigenvalue weighted by molar-refractivity contribution is 0.367. The van der Waals surface area contributed by atoms with Gasteiger partial charge in [-0.15, -0.1) is 0 Å². The summed E-state index contributed by atoms with van der Waals surface area (Å²) in [4.78, 5) is 0. The predicted molar refractivity (Wildman–Crippen MR) is 42.1 cm³/mol. The molecule has 9 heavy (non-hydrogen) atoms. The SMILES string of the molecule is CC1CCC2OC2C1.S. The van der Waals surface area contributed by atoms with Gasteiger partial charge in [-0.1, -0.05) is 6.92 Å². The number of epoxide rings is 1. The van der Waals surface area contributed by atoms with Crippen LogP contribution in [0.1, 0.15) is 26.2 Å². The summed E-state index contributed by atoms with van der Waals surface area (Å²) in [5, 5.41) is 0. The number of fused-ring (bicyclic) bond motifs is 1. The van der Waals surface area contributed by atoms with E-state index < -0.39 is 0 Å². The average Bonchev–Trinajstić information content (AvgIpc) is 2.43. The minimum absolute atomic E-state index is 0. The molecule has 2 fully saturated rings. The summed E-state index contributed by atoms with van der Waals surface area (Å²) >= 11 is 0. The van der Waals surface area contributed by atoms with Crippen LogP contribution in [0.3, 0.4) is 0 Å². The van der Waals surface area contributed by atoms with Gasteiger partial charge in [0, 0.05) is 0 Å². The molecule has 0 bridgehead atoms. The normalized spacial score (nSPS) is 47.0. The smallest absolute Gasteiger partial charge is 0.0844 e. The quantitative estimate of drug-likeness (QED) is 0.474. The molecule has 1 aliphatic carbocycles. The first kappa shape index (κ1) is 7.42. The van der Waals surface area contributed by atoms with Gasteiger partial charge in [-0.25, -0.2) is 0 Å². The molecule has 0 aromatic heterocycles. The Hall–Kier alpha value is 0.310. The van der Waals surface area contributed by atoms with Crippen LogP contribution in [0.4, 0.5) is 0 Å². The summed E-state index contributed by atoms with van der Waals surface area (Å²) in [7, 11) is 0. The van der Waals surface area contributed by atoms with Crippen molar-refractivity contribution in [2.45, 2.75) is 38.4 Å². The number of ether oxygens (including phenoxy) is 1. The number of rotatable bonds is 0. The summed E-state index contributed by atoms with van der Waals surface area (Å²) in [6, 6.07) is 0. The van der Waals surface area contributed by atoms with Crippen LogP contribution in [0.2, 0.25) is 0 Å². The Bertz CT molecular complexity index is 105. The van der Waals surface area contributed by atoms with E-state index in [1.54, 1.807) is 0 Å². The van der Waals surface area contributed by atoms with Crippen molar-refractivity contribution in [3.8, 4) is 0 Å². The second kappa shape index (κ2) is 2.51. The lowest BCUT2D eigenvalue weighted by atomic mass is 9.91. The van der Waals surface area contributed by atoms with E-state index in [1.807, 2.05) is 0 Å². The Labute approximate surface area is 63.2 Å². The van der Waals surface area contributed by atoms with Crippen molar-refractivity contribution in [3.63, 3.8) is 0 Å². The minimum atomic E-state index is 0. The largest absolute Gasteiger partial charge is 0.370 e. The van der Waals surface area contributed by atoms with E-state index in [4.69, 9.17) is 4.74 Å². The number of hydrogen-bond donors (Lipinski definition) is 0. The van der Waals surface area contributed by atoms with Gasteiger partial charge >= 0.3 is 0 Å². The van der Waals surface area contributed by atoms with Crippen LogP contribution < -0.4 is 0 Å². The van der Waals surface area contributed by atoms with E-state index in [9.17, 15) is 0 Å². The van der Waals surface area contributed by atoms with Crippen molar-refractivity contribution < 1.29 is 4.74 Å². The fraction of sp³-hybridized carbons (Fsp3) is 1.00. The fourth-order valence-electron chi connectivity index (χ4n) is 1.60. The Morgan fingerprint density at radius 2 is 2.00 bits per heavy atom. The summed E-state index contributed by atoms with van der Waals surface area (Å²) < 4.78 is 5.35. The lowest BCUT2D eigenvalue weighted by Gasteiger charge is -2.11. The Balaban J connectivity index is 0.000000405. The van der Waals surface area contributed by atoms with E-state index in [1.165, 1.54) is 19.3 Å². The first-order valence-corrected chi connectivity index (χ1v) is 3.52. The van der Waals surface area contributed by atoms with Crippen LogP contribution in [-0.4, -0.2) is 12.2 Å². The topological polar surface area (TPSA) is 12.5 Å². The van der Waals surface area contributed by atoms with Crippen molar-refractivity contribution in [3.05, 3.63) is 0 Å². The van der Waals surface area contributed by atoms with Crippen LogP contribution in [0.15, 0.2) is 0 Å². The Kier molecular flexibility index (Phi) is 2.07. The zero-order valence-corrected chi connectivity index (χ0v) is 6.76. The van der Waals surface area contributed by atoms with E-state index in [0.29, 0.717) is 12.2 Å². The minimum Gasteiger partial charge on any atom is -0.370 e.